The summed E-state index contributed by atoms with van der Waals surface area (Å²) in [5, 5.41) is 18.6. The van der Waals surface area contributed by atoms with Crippen molar-refractivity contribution in [2.45, 2.75) is 4.90 Å². The second-order valence-electron chi connectivity index (χ2n) is 3.34. The molecule has 6 nitrogen and oxygen atoms in total. The van der Waals surface area contributed by atoms with Crippen LogP contribution in [0.3, 0.4) is 0 Å². The number of phenolic OH excluding ortho intramolecular Hbond substituents is 1. The Bertz CT molecular complexity index is 752. The monoisotopic (exact) mass is 273 g/mol. The molecule has 0 saturated heterocycles. The molecule has 0 fully saturated rings. The van der Waals surface area contributed by atoms with E-state index < -0.39 is 15.0 Å². The van der Waals surface area contributed by atoms with Crippen LogP contribution in [0.5, 0.6) is 5.75 Å². The number of fused-ring (bicyclic) bond motifs is 1. The number of aromatic hydroxyl groups is 1. The van der Waals surface area contributed by atoms with Gasteiger partial charge in [-0.15, -0.1) is 0 Å². The summed E-state index contributed by atoms with van der Waals surface area (Å²) in [6, 6.07) is 6.74. The topological polar surface area (TPSA) is 106 Å². The van der Waals surface area contributed by atoms with Gasteiger partial charge in [0.1, 0.15) is 10.1 Å². The van der Waals surface area contributed by atoms with Crippen molar-refractivity contribution in [2.24, 2.45) is 0 Å². The molecule has 2 aromatic carbocycles. The minimum Gasteiger partial charge on any atom is -0.744 e. The van der Waals surface area contributed by atoms with Crippen molar-refractivity contribution in [3.63, 3.8) is 0 Å². The fourth-order valence-electron chi connectivity index (χ4n) is 1.60. The van der Waals surface area contributed by atoms with Crippen LogP contribution in [0, 0.1) is 5.39 Å². The third-order valence-corrected chi connectivity index (χ3v) is 3.21. The van der Waals surface area contributed by atoms with Crippen molar-refractivity contribution in [3.05, 3.63) is 35.3 Å². The summed E-state index contributed by atoms with van der Waals surface area (Å²) in [6.45, 7) is 0. The number of phenols is 1. The Balaban J connectivity index is 0.00000162. The zero-order valence-electron chi connectivity index (χ0n) is 9.36. The van der Waals surface area contributed by atoms with Crippen molar-refractivity contribution in [1.29, 1.82) is 5.39 Å². The Morgan fingerprint density at radius 2 is 1.78 bits per heavy atom. The standard InChI is InChI=1S/C10H6N2O4S.Na/c11-12-8-5-9(17(14,15)16)6-3-1-2-4-7(6)10(8)13;/h1-5H,(H-,13,14,15,16);/q;+1. The van der Waals surface area contributed by atoms with Gasteiger partial charge in [-0.3, -0.25) is 0 Å². The van der Waals surface area contributed by atoms with E-state index in [1.54, 1.807) is 6.07 Å². The Morgan fingerprint density at radius 1 is 1.22 bits per heavy atom. The van der Waals surface area contributed by atoms with Gasteiger partial charge < -0.3 is 9.66 Å². The molecule has 0 radical (unpaired) electrons. The predicted molar refractivity (Wildman–Crippen MR) is 58.3 cm³/mol. The van der Waals surface area contributed by atoms with E-state index in [9.17, 15) is 18.1 Å². The molecule has 1 N–H and O–H groups in total. The van der Waals surface area contributed by atoms with Crippen LogP contribution in [0.4, 0.5) is 5.69 Å². The molecule has 0 amide bonds. The van der Waals surface area contributed by atoms with Crippen LogP contribution in [-0.2, 0) is 10.1 Å². The second-order valence-corrected chi connectivity index (χ2v) is 4.69. The average molecular weight is 273 g/mol. The summed E-state index contributed by atoms with van der Waals surface area (Å²) in [4.78, 5) is 2.21. The van der Waals surface area contributed by atoms with Crippen molar-refractivity contribution in [3.8, 4) is 5.75 Å². The zero-order valence-corrected chi connectivity index (χ0v) is 12.2. The zero-order chi connectivity index (χ0) is 12.6. The van der Waals surface area contributed by atoms with Gasteiger partial charge in [0.15, 0.2) is 4.98 Å². The molecule has 86 valence electrons. The van der Waals surface area contributed by atoms with Crippen LogP contribution < -0.4 is 29.6 Å². The van der Waals surface area contributed by atoms with E-state index in [1.807, 2.05) is 0 Å². The molecule has 0 aliphatic heterocycles. The van der Waals surface area contributed by atoms with Gasteiger partial charge in [0.25, 0.3) is 0 Å². The quantitative estimate of drug-likeness (QED) is 0.405. The van der Waals surface area contributed by atoms with E-state index in [-0.39, 0.29) is 51.8 Å². The molecule has 2 aromatic rings. The first-order chi connectivity index (χ1) is 7.95. The third kappa shape index (κ3) is 2.48. The molecule has 0 aliphatic carbocycles. The summed E-state index contributed by atoms with van der Waals surface area (Å²) < 4.78 is 33.2. The summed E-state index contributed by atoms with van der Waals surface area (Å²) in [7, 11) is -4.71. The molecule has 0 atom stereocenters. The van der Waals surface area contributed by atoms with E-state index in [0.717, 1.165) is 6.07 Å². The maximum atomic E-state index is 11.1. The Morgan fingerprint density at radius 3 is 2.28 bits per heavy atom. The van der Waals surface area contributed by atoms with Crippen molar-refractivity contribution < 1.29 is 47.6 Å². The molecule has 2 rings (SSSR count). The first kappa shape index (κ1) is 14.9. The van der Waals surface area contributed by atoms with Crippen LogP contribution >= 0.6 is 0 Å². The van der Waals surface area contributed by atoms with Gasteiger partial charge in [-0.1, -0.05) is 24.3 Å². The molecular weight excluding hydrogens is 267 g/mol. The molecule has 0 spiro atoms. The van der Waals surface area contributed by atoms with Crippen molar-refractivity contribution >= 4 is 26.6 Å². The average Bonchev–Trinajstić information content (AvgIpc) is 2.28. The summed E-state index contributed by atoms with van der Waals surface area (Å²) in [5.74, 6) is -0.379. The van der Waals surface area contributed by atoms with Crippen molar-refractivity contribution in [1.82, 2.24) is 0 Å². The van der Waals surface area contributed by atoms with Crippen LogP contribution in [0.2, 0.25) is 0 Å². The predicted octanol–water partition coefficient (Wildman–Crippen LogP) is -1.06. The number of hydrogen-bond acceptors (Lipinski definition) is 5. The maximum absolute atomic E-state index is 11.1. The summed E-state index contributed by atoms with van der Waals surface area (Å²) in [5.41, 5.74) is -0.363. The van der Waals surface area contributed by atoms with Crippen LogP contribution in [0.25, 0.3) is 15.7 Å². The molecule has 0 heterocycles. The Kier molecular flexibility index (Phi) is 4.32. The third-order valence-electron chi connectivity index (χ3n) is 2.34. The van der Waals surface area contributed by atoms with Crippen LogP contribution in [0.15, 0.2) is 35.2 Å². The molecule has 18 heavy (non-hydrogen) atoms. The number of benzene rings is 2. The maximum Gasteiger partial charge on any atom is 1.00 e. The molecule has 8 heteroatoms. The number of diazo groups is 1. The van der Waals surface area contributed by atoms with Gasteiger partial charge in [-0.05, 0) is 0 Å². The normalized spacial score (nSPS) is 10.7. The fourth-order valence-corrected chi connectivity index (χ4v) is 2.30. The van der Waals surface area contributed by atoms with E-state index in [0.29, 0.717) is 0 Å². The Labute approximate surface area is 125 Å². The molecule has 0 unspecified atom stereocenters. The molecule has 0 aliphatic rings. The number of nitrogens with zero attached hydrogens (tertiary/aromatic N) is 2. The SMILES string of the molecule is N#[N+]c1cc(S(=O)(=O)[O-])c2ccccc2c1O.[Na+]. The number of rotatable bonds is 1. The number of hydrogen-bond donors (Lipinski definition) is 1. The second kappa shape index (κ2) is 5.22. The molecule has 0 bridgehead atoms. The van der Waals surface area contributed by atoms with Gasteiger partial charge in [-0.2, -0.15) is 0 Å². The minimum atomic E-state index is -4.71. The smallest absolute Gasteiger partial charge is 0.744 e. The van der Waals surface area contributed by atoms with Crippen LogP contribution in [0.1, 0.15) is 0 Å². The molecular formula is C10H6N2NaO4S+. The van der Waals surface area contributed by atoms with E-state index in [2.05, 4.69) is 4.98 Å². The van der Waals surface area contributed by atoms with Crippen LogP contribution in [-0.4, -0.2) is 18.1 Å². The minimum absolute atomic E-state index is 0. The first-order valence-electron chi connectivity index (χ1n) is 4.51. The van der Waals surface area contributed by atoms with E-state index >= 15 is 0 Å². The fraction of sp³-hybridized carbons (Fsp3) is 0. The Hall–Kier alpha value is -1.17. The molecule has 0 aromatic heterocycles. The largest absolute Gasteiger partial charge is 1.00 e. The van der Waals surface area contributed by atoms with Gasteiger partial charge in [0.2, 0.25) is 11.1 Å². The summed E-state index contributed by atoms with van der Waals surface area (Å²) >= 11 is 0. The summed E-state index contributed by atoms with van der Waals surface area (Å²) in [6.07, 6.45) is 0. The van der Waals surface area contributed by atoms with E-state index in [4.69, 9.17) is 5.39 Å². The van der Waals surface area contributed by atoms with Gasteiger partial charge in [-0.25, -0.2) is 8.42 Å². The van der Waals surface area contributed by atoms with Gasteiger partial charge >= 0.3 is 35.2 Å². The van der Waals surface area contributed by atoms with Gasteiger partial charge in [0, 0.05) is 10.8 Å². The van der Waals surface area contributed by atoms with E-state index in [1.165, 1.54) is 18.2 Å². The molecule has 0 saturated carbocycles. The first-order valence-corrected chi connectivity index (χ1v) is 5.91. The van der Waals surface area contributed by atoms with Crippen molar-refractivity contribution in [2.75, 3.05) is 0 Å². The van der Waals surface area contributed by atoms with Gasteiger partial charge in [0.05, 0.1) is 11.0 Å².